The first kappa shape index (κ1) is 9.90. The molecule has 16 heavy (non-hydrogen) atoms. The lowest BCUT2D eigenvalue weighted by atomic mass is 10.2. The Bertz CT molecular complexity index is 492. The summed E-state index contributed by atoms with van der Waals surface area (Å²) in [6.07, 6.45) is 1.88. The lowest BCUT2D eigenvalue weighted by Crippen LogP contribution is -2.33. The van der Waals surface area contributed by atoms with Crippen molar-refractivity contribution in [1.29, 1.82) is 0 Å². The Morgan fingerprint density at radius 3 is 2.75 bits per heavy atom. The van der Waals surface area contributed by atoms with Crippen LogP contribution in [0.2, 0.25) is 0 Å². The fraction of sp³-hybridized carbons (Fsp3) is 0.250. The van der Waals surface area contributed by atoms with Crippen LogP contribution in [0, 0.1) is 0 Å². The third-order valence-electron chi connectivity index (χ3n) is 2.94. The van der Waals surface area contributed by atoms with E-state index in [2.05, 4.69) is 54.9 Å². The lowest BCUT2D eigenvalue weighted by molar-refractivity contribution is 0.519. The van der Waals surface area contributed by atoms with Gasteiger partial charge >= 0.3 is 0 Å². The Hall–Kier alpha value is -1.29. The van der Waals surface area contributed by atoms with Gasteiger partial charge in [0.05, 0.1) is 29.5 Å². The van der Waals surface area contributed by atoms with Gasteiger partial charge in [-0.1, -0.05) is 18.2 Å². The van der Waals surface area contributed by atoms with E-state index in [1.54, 1.807) is 0 Å². The molecule has 3 rings (SSSR count). The number of hydrogen-bond donors (Lipinski definition) is 0. The number of rotatable bonds is 1. The molecule has 0 unspecified atom stereocenters. The highest BCUT2D eigenvalue weighted by Gasteiger charge is 2.19. The zero-order valence-corrected chi connectivity index (χ0v) is 10.4. The van der Waals surface area contributed by atoms with Crippen molar-refractivity contribution in [2.24, 2.45) is 0 Å². The summed E-state index contributed by atoms with van der Waals surface area (Å²) < 4.78 is 3.18. The van der Waals surface area contributed by atoms with Crippen LogP contribution in [0.1, 0.15) is 5.69 Å². The van der Waals surface area contributed by atoms with Gasteiger partial charge in [0.15, 0.2) is 0 Å². The maximum atomic E-state index is 4.33. The SMILES string of the molecule is Brc1cnn2c1CN(c1ccccc1)CC2. The molecule has 4 heteroatoms. The van der Waals surface area contributed by atoms with Crippen molar-refractivity contribution >= 4 is 21.6 Å². The Morgan fingerprint density at radius 1 is 1.12 bits per heavy atom. The van der Waals surface area contributed by atoms with Gasteiger partial charge in [-0.3, -0.25) is 4.68 Å². The van der Waals surface area contributed by atoms with Crippen LogP contribution in [0.3, 0.4) is 0 Å². The van der Waals surface area contributed by atoms with Crippen LogP contribution in [-0.4, -0.2) is 16.3 Å². The van der Waals surface area contributed by atoms with Crippen molar-refractivity contribution in [3.63, 3.8) is 0 Å². The van der Waals surface area contributed by atoms with Gasteiger partial charge in [-0.2, -0.15) is 5.10 Å². The highest BCUT2D eigenvalue weighted by atomic mass is 79.9. The van der Waals surface area contributed by atoms with E-state index in [1.165, 1.54) is 11.4 Å². The van der Waals surface area contributed by atoms with Crippen LogP contribution >= 0.6 is 15.9 Å². The molecule has 0 saturated heterocycles. The monoisotopic (exact) mass is 277 g/mol. The molecule has 1 aromatic heterocycles. The summed E-state index contributed by atoms with van der Waals surface area (Å²) in [4.78, 5) is 2.38. The van der Waals surface area contributed by atoms with E-state index < -0.39 is 0 Å². The number of anilines is 1. The van der Waals surface area contributed by atoms with Crippen molar-refractivity contribution in [1.82, 2.24) is 9.78 Å². The molecule has 0 amide bonds. The summed E-state index contributed by atoms with van der Waals surface area (Å²) >= 11 is 3.54. The molecule has 0 fully saturated rings. The minimum absolute atomic E-state index is 0.921. The molecule has 3 nitrogen and oxygen atoms in total. The van der Waals surface area contributed by atoms with Gasteiger partial charge in [0.25, 0.3) is 0 Å². The molecule has 2 aromatic rings. The van der Waals surface area contributed by atoms with E-state index in [4.69, 9.17) is 0 Å². The standard InChI is InChI=1S/C12H12BrN3/c13-11-8-14-16-7-6-15(9-12(11)16)10-4-2-1-3-5-10/h1-5,8H,6-7,9H2. The van der Waals surface area contributed by atoms with Gasteiger partial charge in [-0.05, 0) is 28.1 Å². The van der Waals surface area contributed by atoms with E-state index in [-0.39, 0.29) is 0 Å². The molecule has 0 saturated carbocycles. The number of fused-ring (bicyclic) bond motifs is 1. The molecule has 0 radical (unpaired) electrons. The number of nitrogens with zero attached hydrogens (tertiary/aromatic N) is 3. The largest absolute Gasteiger partial charge is 0.364 e. The third-order valence-corrected chi connectivity index (χ3v) is 3.60. The molecular formula is C12H12BrN3. The number of halogens is 1. The minimum atomic E-state index is 0.921. The minimum Gasteiger partial charge on any atom is -0.364 e. The van der Waals surface area contributed by atoms with Crippen molar-refractivity contribution < 1.29 is 0 Å². The van der Waals surface area contributed by atoms with Gasteiger partial charge in [-0.15, -0.1) is 0 Å². The molecule has 2 heterocycles. The van der Waals surface area contributed by atoms with E-state index in [0.717, 1.165) is 24.1 Å². The van der Waals surface area contributed by atoms with Crippen molar-refractivity contribution in [3.05, 3.63) is 46.7 Å². The van der Waals surface area contributed by atoms with Crippen LogP contribution in [-0.2, 0) is 13.1 Å². The van der Waals surface area contributed by atoms with Crippen LogP contribution in [0.5, 0.6) is 0 Å². The predicted octanol–water partition coefficient (Wildman–Crippen LogP) is 2.67. The van der Waals surface area contributed by atoms with Crippen molar-refractivity contribution in [2.45, 2.75) is 13.1 Å². The zero-order valence-electron chi connectivity index (χ0n) is 8.81. The molecule has 0 bridgehead atoms. The average Bonchev–Trinajstić information content (AvgIpc) is 2.72. The van der Waals surface area contributed by atoms with Crippen LogP contribution in [0.25, 0.3) is 0 Å². The van der Waals surface area contributed by atoms with Crippen LogP contribution in [0.4, 0.5) is 5.69 Å². The molecule has 82 valence electrons. The topological polar surface area (TPSA) is 21.1 Å². The molecule has 1 aliphatic rings. The van der Waals surface area contributed by atoms with Crippen molar-refractivity contribution in [3.8, 4) is 0 Å². The maximum absolute atomic E-state index is 4.33. The average molecular weight is 278 g/mol. The molecule has 1 aliphatic heterocycles. The molecule has 0 spiro atoms. The van der Waals surface area contributed by atoms with Crippen LogP contribution in [0.15, 0.2) is 41.0 Å². The summed E-state index contributed by atoms with van der Waals surface area (Å²) in [7, 11) is 0. The second-order valence-electron chi connectivity index (χ2n) is 3.92. The first-order valence-corrected chi connectivity index (χ1v) is 6.14. The fourth-order valence-electron chi connectivity index (χ4n) is 2.07. The number of para-hydroxylation sites is 1. The second kappa shape index (κ2) is 3.94. The highest BCUT2D eigenvalue weighted by molar-refractivity contribution is 9.10. The summed E-state index contributed by atoms with van der Waals surface area (Å²) in [5, 5.41) is 4.33. The quantitative estimate of drug-likeness (QED) is 0.799. The third kappa shape index (κ3) is 1.63. The predicted molar refractivity (Wildman–Crippen MR) is 67.4 cm³/mol. The lowest BCUT2D eigenvalue weighted by Gasteiger charge is -2.29. The van der Waals surface area contributed by atoms with E-state index >= 15 is 0 Å². The molecule has 0 aliphatic carbocycles. The first-order chi connectivity index (χ1) is 7.84. The first-order valence-electron chi connectivity index (χ1n) is 5.35. The maximum Gasteiger partial charge on any atom is 0.0720 e. The highest BCUT2D eigenvalue weighted by Crippen LogP contribution is 2.24. The second-order valence-corrected chi connectivity index (χ2v) is 4.77. The Balaban J connectivity index is 1.90. The smallest absolute Gasteiger partial charge is 0.0720 e. The van der Waals surface area contributed by atoms with Gasteiger partial charge < -0.3 is 4.90 Å². The van der Waals surface area contributed by atoms with E-state index in [9.17, 15) is 0 Å². The normalized spacial score (nSPS) is 14.9. The zero-order chi connectivity index (χ0) is 11.0. The fourth-order valence-corrected chi connectivity index (χ4v) is 2.49. The summed E-state index contributed by atoms with van der Waals surface area (Å²) in [5.74, 6) is 0. The molecule has 1 aromatic carbocycles. The summed E-state index contributed by atoms with van der Waals surface area (Å²) in [6.45, 7) is 2.89. The molecular weight excluding hydrogens is 266 g/mol. The molecule has 0 N–H and O–H groups in total. The Kier molecular flexibility index (Phi) is 2.44. The molecule has 0 atom stereocenters. The number of hydrogen-bond acceptors (Lipinski definition) is 2. The van der Waals surface area contributed by atoms with Gasteiger partial charge in [0.2, 0.25) is 0 Å². The van der Waals surface area contributed by atoms with E-state index in [0.29, 0.717) is 0 Å². The van der Waals surface area contributed by atoms with Gasteiger partial charge in [-0.25, -0.2) is 0 Å². The summed E-state index contributed by atoms with van der Waals surface area (Å²) in [6, 6.07) is 10.5. The van der Waals surface area contributed by atoms with E-state index in [1.807, 2.05) is 12.3 Å². The Morgan fingerprint density at radius 2 is 1.94 bits per heavy atom. The van der Waals surface area contributed by atoms with Crippen molar-refractivity contribution in [2.75, 3.05) is 11.4 Å². The van der Waals surface area contributed by atoms with Gasteiger partial charge in [0.1, 0.15) is 0 Å². The number of benzene rings is 1. The number of aromatic nitrogens is 2. The summed E-state index contributed by atoms with van der Waals surface area (Å²) in [5.41, 5.74) is 2.54. The van der Waals surface area contributed by atoms with Gasteiger partial charge in [0, 0.05) is 12.2 Å². The van der Waals surface area contributed by atoms with Crippen LogP contribution < -0.4 is 4.90 Å². The Labute approximate surface area is 103 Å².